The Balaban J connectivity index is 1.59. The van der Waals surface area contributed by atoms with E-state index in [4.69, 9.17) is 0 Å². The van der Waals surface area contributed by atoms with Crippen molar-refractivity contribution in [1.82, 2.24) is 0 Å². The number of rotatable bonds is 8. The van der Waals surface area contributed by atoms with Gasteiger partial charge in [0.2, 0.25) is 10.2 Å². The van der Waals surface area contributed by atoms with Crippen LogP contribution in [-0.2, 0) is 9.59 Å². The molecule has 0 spiro atoms. The molecule has 2 aliphatic heterocycles. The SMILES string of the molecule is C=CC(=O)SCC1CSC(c2ccccc2C2SCC(CSC(=O)C=C)S2)S1. The summed E-state index contributed by atoms with van der Waals surface area (Å²) in [4.78, 5) is 23.0. The van der Waals surface area contributed by atoms with Crippen LogP contribution in [0.1, 0.15) is 20.3 Å². The normalized spacial score (nSPS) is 26.9. The van der Waals surface area contributed by atoms with Crippen LogP contribution in [0.3, 0.4) is 0 Å². The summed E-state index contributed by atoms with van der Waals surface area (Å²) in [6.45, 7) is 7.09. The van der Waals surface area contributed by atoms with E-state index in [2.05, 4.69) is 37.4 Å². The van der Waals surface area contributed by atoms with E-state index in [1.807, 2.05) is 47.0 Å². The van der Waals surface area contributed by atoms with E-state index in [-0.39, 0.29) is 10.2 Å². The molecule has 0 N–H and O–H groups in total. The zero-order valence-corrected chi connectivity index (χ0v) is 20.2. The number of carbonyl (C=O) groups excluding carboxylic acids is 2. The number of thioether (sulfide) groups is 6. The Hall–Kier alpha value is 0.140. The first-order valence-electron chi connectivity index (χ1n) is 8.82. The van der Waals surface area contributed by atoms with Crippen molar-refractivity contribution >= 4 is 80.8 Å². The summed E-state index contributed by atoms with van der Waals surface area (Å²) in [5.41, 5.74) is 2.83. The molecule has 150 valence electrons. The summed E-state index contributed by atoms with van der Waals surface area (Å²) in [5.74, 6) is 3.86. The van der Waals surface area contributed by atoms with E-state index in [0.717, 1.165) is 23.0 Å². The largest absolute Gasteiger partial charge is 0.282 e. The highest BCUT2D eigenvalue weighted by Gasteiger charge is 2.33. The van der Waals surface area contributed by atoms with E-state index in [0.29, 0.717) is 19.7 Å². The molecule has 2 saturated heterocycles. The predicted molar refractivity (Wildman–Crippen MR) is 135 cm³/mol. The van der Waals surface area contributed by atoms with Gasteiger partial charge in [0.1, 0.15) is 0 Å². The van der Waals surface area contributed by atoms with Crippen molar-refractivity contribution in [2.75, 3.05) is 23.0 Å². The number of hydrogen-bond acceptors (Lipinski definition) is 8. The highest BCUT2D eigenvalue weighted by Crippen LogP contribution is 2.56. The summed E-state index contributed by atoms with van der Waals surface area (Å²) in [5, 5.41) is 1.11. The zero-order chi connectivity index (χ0) is 19.9. The third-order valence-electron chi connectivity index (χ3n) is 4.16. The second-order valence-electron chi connectivity index (χ2n) is 6.14. The monoisotopic (exact) mass is 486 g/mol. The van der Waals surface area contributed by atoms with Crippen molar-refractivity contribution in [3.8, 4) is 0 Å². The maximum Gasteiger partial charge on any atom is 0.211 e. The molecule has 28 heavy (non-hydrogen) atoms. The topological polar surface area (TPSA) is 34.1 Å². The van der Waals surface area contributed by atoms with E-state index in [9.17, 15) is 9.59 Å². The van der Waals surface area contributed by atoms with Gasteiger partial charge in [-0.25, -0.2) is 0 Å². The summed E-state index contributed by atoms with van der Waals surface area (Å²) in [6.07, 6.45) is 2.80. The smallest absolute Gasteiger partial charge is 0.211 e. The maximum atomic E-state index is 11.5. The molecule has 4 unspecified atom stereocenters. The third-order valence-corrected chi connectivity index (χ3v) is 13.3. The van der Waals surface area contributed by atoms with Gasteiger partial charge in [-0.3, -0.25) is 9.59 Å². The molecule has 0 bridgehead atoms. The summed E-state index contributed by atoms with van der Waals surface area (Å²) in [6, 6.07) is 8.77. The van der Waals surface area contributed by atoms with E-state index in [1.165, 1.54) is 46.8 Å². The fourth-order valence-electron chi connectivity index (χ4n) is 2.81. The van der Waals surface area contributed by atoms with Crippen LogP contribution in [0.25, 0.3) is 0 Å². The first kappa shape index (κ1) is 22.8. The molecular formula is C20H22O2S6. The fraction of sp³-hybridized carbons (Fsp3) is 0.400. The lowest BCUT2D eigenvalue weighted by molar-refractivity contribution is -0.107. The Morgan fingerprint density at radius 2 is 1.32 bits per heavy atom. The minimum atomic E-state index is 0.0621. The van der Waals surface area contributed by atoms with Crippen molar-refractivity contribution in [1.29, 1.82) is 0 Å². The van der Waals surface area contributed by atoms with Crippen LogP contribution in [0.4, 0.5) is 0 Å². The van der Waals surface area contributed by atoms with Gasteiger partial charge in [0, 0.05) is 33.5 Å². The van der Waals surface area contributed by atoms with E-state index >= 15 is 0 Å². The number of hydrogen-bond donors (Lipinski definition) is 0. The Morgan fingerprint density at radius 3 is 1.71 bits per heavy atom. The Labute approximate surface area is 192 Å². The minimum Gasteiger partial charge on any atom is -0.282 e. The quantitative estimate of drug-likeness (QED) is 0.398. The molecule has 2 aliphatic rings. The van der Waals surface area contributed by atoms with Gasteiger partial charge in [-0.05, 0) is 23.3 Å². The van der Waals surface area contributed by atoms with E-state index < -0.39 is 0 Å². The average Bonchev–Trinajstić information content (AvgIpc) is 3.39. The van der Waals surface area contributed by atoms with Gasteiger partial charge < -0.3 is 0 Å². The molecular weight excluding hydrogens is 465 g/mol. The molecule has 0 radical (unpaired) electrons. The molecule has 4 atom stereocenters. The molecule has 0 aliphatic carbocycles. The van der Waals surface area contributed by atoms with Gasteiger partial charge in [-0.15, -0.1) is 47.0 Å². The number of carbonyl (C=O) groups is 2. The molecule has 1 aromatic rings. The average molecular weight is 487 g/mol. The summed E-state index contributed by atoms with van der Waals surface area (Å²) in [7, 11) is 0. The zero-order valence-electron chi connectivity index (χ0n) is 15.3. The van der Waals surface area contributed by atoms with Gasteiger partial charge in [-0.1, -0.05) is 60.9 Å². The highest BCUT2D eigenvalue weighted by molar-refractivity contribution is 8.21. The minimum absolute atomic E-state index is 0.0621. The first-order valence-corrected chi connectivity index (χ1v) is 14.8. The molecule has 0 amide bonds. The van der Waals surface area contributed by atoms with Gasteiger partial charge in [0.25, 0.3) is 0 Å². The van der Waals surface area contributed by atoms with Crippen LogP contribution in [0.5, 0.6) is 0 Å². The standard InChI is InChI=1S/C20H22O2S6/c1-3-17(21)23-9-13-11-25-19(27-13)15-7-5-6-8-16(15)20-26-12-14(28-20)10-24-18(22)4-2/h3-8,13-14,19-20H,1-2,9-12H2. The molecule has 0 saturated carbocycles. The molecule has 2 fully saturated rings. The van der Waals surface area contributed by atoms with Crippen molar-refractivity contribution in [3.05, 3.63) is 60.7 Å². The van der Waals surface area contributed by atoms with Crippen molar-refractivity contribution in [3.63, 3.8) is 0 Å². The van der Waals surface area contributed by atoms with Gasteiger partial charge >= 0.3 is 0 Å². The van der Waals surface area contributed by atoms with Crippen molar-refractivity contribution < 1.29 is 9.59 Å². The van der Waals surface area contributed by atoms with Crippen molar-refractivity contribution in [2.24, 2.45) is 0 Å². The molecule has 2 nitrogen and oxygen atoms in total. The molecule has 3 rings (SSSR count). The lowest BCUT2D eigenvalue weighted by atomic mass is 10.1. The number of benzene rings is 1. The van der Waals surface area contributed by atoms with Gasteiger partial charge in [0.15, 0.2) is 0 Å². The van der Waals surface area contributed by atoms with Crippen LogP contribution in [0.2, 0.25) is 0 Å². The van der Waals surface area contributed by atoms with Crippen LogP contribution in [0, 0.1) is 0 Å². The molecule has 0 aromatic heterocycles. The molecule has 2 heterocycles. The van der Waals surface area contributed by atoms with Gasteiger partial charge in [0.05, 0.1) is 9.16 Å². The maximum absolute atomic E-state index is 11.5. The van der Waals surface area contributed by atoms with Crippen molar-refractivity contribution in [2.45, 2.75) is 19.7 Å². The lowest BCUT2D eigenvalue weighted by Gasteiger charge is -2.19. The third kappa shape index (κ3) is 6.32. The van der Waals surface area contributed by atoms with Gasteiger partial charge in [-0.2, -0.15) is 0 Å². The summed E-state index contributed by atoms with van der Waals surface area (Å²) >= 11 is 10.7. The molecule has 8 heteroatoms. The first-order chi connectivity index (χ1) is 13.6. The predicted octanol–water partition coefficient (Wildman–Crippen LogP) is 6.27. The fourth-order valence-corrected chi connectivity index (χ4v) is 11.7. The Morgan fingerprint density at radius 1 is 0.893 bits per heavy atom. The highest BCUT2D eigenvalue weighted by atomic mass is 32.2. The Kier molecular flexibility index (Phi) is 9.38. The lowest BCUT2D eigenvalue weighted by Crippen LogP contribution is -2.06. The van der Waals surface area contributed by atoms with Crippen LogP contribution in [-0.4, -0.2) is 43.7 Å². The van der Waals surface area contributed by atoms with E-state index in [1.54, 1.807) is 0 Å². The van der Waals surface area contributed by atoms with Crippen LogP contribution < -0.4 is 0 Å². The second-order valence-corrected chi connectivity index (χ2v) is 13.9. The van der Waals surface area contributed by atoms with Crippen LogP contribution >= 0.6 is 70.6 Å². The summed E-state index contributed by atoms with van der Waals surface area (Å²) < 4.78 is 0.857. The van der Waals surface area contributed by atoms with Crippen LogP contribution in [0.15, 0.2) is 49.6 Å². The molecule has 1 aromatic carbocycles. The second kappa shape index (κ2) is 11.5. The Bertz CT molecular complexity index is 676.